The maximum atomic E-state index is 10.1. The molecule has 0 saturated heterocycles. The monoisotopic (exact) mass is 2240 g/mol. The number of methoxy groups -OCH3 is 2. The second-order valence-corrected chi connectivity index (χ2v) is 23.0. The largest absolute Gasteiger partial charge is 0.507 e. The number of aliphatic imine (C=N–C) groups is 1. The van der Waals surface area contributed by atoms with Gasteiger partial charge in [0.15, 0.2) is 18.9 Å². The molecule has 114 heavy (non-hydrogen) atoms. The molecule has 20 nitrogen and oxygen atoms in total. The Kier molecular flexibility index (Phi) is 49.2. The molecule has 0 aliphatic carbocycles. The summed E-state index contributed by atoms with van der Waals surface area (Å²) < 4.78 is 13.7. The van der Waals surface area contributed by atoms with Crippen LogP contribution in [0.1, 0.15) is 35.8 Å². The Morgan fingerprint density at radius 1 is 0.412 bits per heavy atom. The van der Waals surface area contributed by atoms with Crippen molar-refractivity contribution in [2.45, 2.75) is 44.7 Å². The van der Waals surface area contributed by atoms with E-state index in [9.17, 15) is 4.79 Å². The maximum Gasteiger partial charge on any atom is 0.354 e. The van der Waals surface area contributed by atoms with Crippen LogP contribution < -0.4 is 0 Å². The smallest absolute Gasteiger partial charge is 0.354 e. The van der Waals surface area contributed by atoms with Gasteiger partial charge >= 0.3 is 5.97 Å². The Morgan fingerprint density at radius 2 is 0.719 bits per heavy atom. The number of hydrogen-bond donors (Lipinski definition) is 6. The van der Waals surface area contributed by atoms with Gasteiger partial charge < -0.3 is 44.8 Å². The Hall–Kier alpha value is -10.6. The second-order valence-electron chi connectivity index (χ2n) is 23.0. The number of aromatic carboxylic acids is 1. The predicted molar refractivity (Wildman–Crippen MR) is 429 cm³/mol. The average molecular weight is 2230 g/mol. The Bertz CT molecular complexity index is 4190. The van der Waals surface area contributed by atoms with Gasteiger partial charge in [-0.1, -0.05) is 170 Å². The van der Waals surface area contributed by atoms with Gasteiger partial charge in [0, 0.05) is 133 Å². The predicted octanol–water partition coefficient (Wildman–Crippen LogP) is 16.2. The van der Waals surface area contributed by atoms with Gasteiger partial charge in [-0.2, -0.15) is 0 Å². The topological polar surface area (TPSA) is 295 Å². The van der Waals surface area contributed by atoms with E-state index in [1.807, 2.05) is 255 Å². The summed E-state index contributed by atoms with van der Waals surface area (Å²) in [5.41, 5.74) is 16.4. The first-order valence-electron chi connectivity index (χ1n) is 34.5. The number of carbonyl (C=O) groups is 1. The number of hydrogen-bond acceptors (Lipinski definition) is 19. The van der Waals surface area contributed by atoms with E-state index in [1.54, 1.807) is 75.8 Å². The number of aliphatic hydroxyl groups is 4. The van der Waals surface area contributed by atoms with Crippen LogP contribution in [0.2, 0.25) is 0 Å². The molecule has 6 N–H and O–H groups in total. The fourth-order valence-corrected chi connectivity index (χ4v) is 9.43. The maximum absolute atomic E-state index is 10.1. The molecule has 0 amide bonds. The Balaban J connectivity index is 0.000000342. The molecule has 0 aliphatic heterocycles. The van der Waals surface area contributed by atoms with E-state index in [-0.39, 0.29) is 105 Å². The van der Waals surface area contributed by atoms with Crippen molar-refractivity contribution >= 4 is 12.2 Å². The molecule has 9 aromatic carbocycles. The van der Waals surface area contributed by atoms with Gasteiger partial charge in [0.05, 0.1) is 35.5 Å². The standard InChI is InChI=1S/4C16H11N2.C8H9NO.C7H14O3.C6H5NO2.C5H12O4.4Ir/c4*1-3-7-13(8-4-1)15-11-16(18-12-17-15)14-9-5-2-6-10-14;1-9-6-7-4-2-3-5-8(7)10;1-3-4-10-7(9)5-6(2)8;8-6(9)5-3-1-2-4-7-5;1-8-4(6)3-5(7)9-2;;;;/h4*1-9,11-12H;2-6,10H,1H3;3,6-9H,1,4-5H2,2H3;1-4H,(H,8,9);4-7H,3H2,1-2H3;;;;/q4*-1;;;;;;;;. The minimum absolute atomic E-state index is 0. The van der Waals surface area contributed by atoms with Gasteiger partial charge in [0.1, 0.15) is 36.8 Å². The molecule has 24 heteroatoms. The normalized spacial score (nSPS) is 10.9. The molecule has 5 aromatic heterocycles. The zero-order valence-electron chi connectivity index (χ0n) is 62.4. The van der Waals surface area contributed by atoms with Crippen LogP contribution in [0.15, 0.2) is 334 Å². The third kappa shape index (κ3) is 36.5. The number of carboxylic acid groups (broad SMARTS) is 1. The molecular formula is C90H84Ir4N10O10-4. The fraction of sp³-hybridized carbons (Fsp3) is 0.122. The minimum Gasteiger partial charge on any atom is -0.507 e. The third-order valence-corrected chi connectivity index (χ3v) is 14.9. The number of para-hydroxylation sites is 1. The number of phenols is 1. The van der Waals surface area contributed by atoms with Gasteiger partial charge in [0.25, 0.3) is 0 Å². The number of ether oxygens (including phenoxy) is 3. The van der Waals surface area contributed by atoms with Crippen LogP contribution in [0.3, 0.4) is 0 Å². The molecule has 0 fully saturated rings. The van der Waals surface area contributed by atoms with Gasteiger partial charge in [-0.15, -0.1) is 150 Å². The summed E-state index contributed by atoms with van der Waals surface area (Å²) >= 11 is 0. The van der Waals surface area contributed by atoms with Gasteiger partial charge in [-0.3, -0.25) is 24.9 Å². The summed E-state index contributed by atoms with van der Waals surface area (Å²) in [5, 5.41) is 52.5. The van der Waals surface area contributed by atoms with Crippen LogP contribution in [-0.2, 0) is 94.6 Å². The van der Waals surface area contributed by atoms with E-state index < -0.39 is 30.9 Å². The number of aromatic hydroxyl groups is 1. The number of rotatable bonds is 19. The van der Waals surface area contributed by atoms with E-state index in [4.69, 9.17) is 35.4 Å². The molecule has 4 radical (unpaired) electrons. The Morgan fingerprint density at radius 3 is 0.974 bits per heavy atom. The van der Waals surface area contributed by atoms with E-state index in [2.05, 4.69) is 90.2 Å². The molecule has 594 valence electrons. The van der Waals surface area contributed by atoms with Gasteiger partial charge in [-0.05, 0) is 76.2 Å². The van der Waals surface area contributed by atoms with Crippen molar-refractivity contribution in [1.29, 1.82) is 0 Å². The molecule has 14 rings (SSSR count). The van der Waals surface area contributed by atoms with Crippen molar-refractivity contribution in [2.24, 2.45) is 4.99 Å². The van der Waals surface area contributed by atoms with Crippen molar-refractivity contribution in [3.05, 3.63) is 365 Å². The molecular weight excluding hydrogens is 2150 g/mol. The molecule has 5 heterocycles. The molecule has 0 saturated carbocycles. The van der Waals surface area contributed by atoms with Crippen molar-refractivity contribution in [1.82, 2.24) is 44.9 Å². The second kappa shape index (κ2) is 57.5. The van der Waals surface area contributed by atoms with E-state index >= 15 is 0 Å². The summed E-state index contributed by atoms with van der Waals surface area (Å²) in [6.45, 7) is 5.32. The number of phenolic OH excluding ortho intramolecular Hbond substituents is 1. The van der Waals surface area contributed by atoms with E-state index in [0.717, 1.165) is 95.6 Å². The van der Waals surface area contributed by atoms with E-state index in [1.165, 1.54) is 26.5 Å². The van der Waals surface area contributed by atoms with E-state index in [0.29, 0.717) is 6.61 Å². The third-order valence-electron chi connectivity index (χ3n) is 14.9. The number of benzene rings is 9. The molecule has 0 bridgehead atoms. The molecule has 0 aliphatic rings. The van der Waals surface area contributed by atoms with Crippen LogP contribution in [-0.4, -0.2) is 141 Å². The number of aliphatic hydroxyl groups excluding tert-OH is 4. The quantitative estimate of drug-likeness (QED) is 0.0190. The van der Waals surface area contributed by atoms with Crippen LogP contribution in [0.5, 0.6) is 5.75 Å². The van der Waals surface area contributed by atoms with Crippen molar-refractivity contribution in [2.75, 3.05) is 27.9 Å². The summed E-state index contributed by atoms with van der Waals surface area (Å²) in [6.07, 6.45) is 8.02. The molecule has 14 aromatic rings. The zero-order valence-corrected chi connectivity index (χ0v) is 72.0. The van der Waals surface area contributed by atoms with Crippen molar-refractivity contribution in [3.8, 4) is 95.8 Å². The molecule has 0 spiro atoms. The first kappa shape index (κ1) is 97.6. The summed E-state index contributed by atoms with van der Waals surface area (Å²) in [5.74, 6) is -0.719. The number of pyridine rings is 1. The first-order valence-corrected chi connectivity index (χ1v) is 34.5. The fourth-order valence-electron chi connectivity index (χ4n) is 9.43. The molecule has 4 unspecified atom stereocenters. The van der Waals surface area contributed by atoms with Crippen LogP contribution in [0.4, 0.5) is 0 Å². The van der Waals surface area contributed by atoms with Gasteiger partial charge in [-0.25, -0.2) is 29.7 Å². The SMILES string of the molecule is C=CCOC(O)CC(C)O.CN=Cc1ccccc1O.COC(O)CC(O)OC.O=C(O)c1ccccn1.[Ir].[Ir].[Ir].[Ir].[c-]1ccccc1-c1cc(-c2ccccc2)ncn1.[c-]1ccccc1-c1cc(-c2ccccc2)ncn1.[c-]1ccccc1-c1cc(-c2ccccc2)ncn1.[c-]1ccccc1-c1cc(-c2ccccc2)ncn1. The summed E-state index contributed by atoms with van der Waals surface area (Å²) in [4.78, 5) is 51.9. The number of aromatic nitrogens is 9. The van der Waals surface area contributed by atoms with Crippen LogP contribution in [0, 0.1) is 24.3 Å². The van der Waals surface area contributed by atoms with Crippen molar-refractivity contribution < 1.29 is 130 Å². The number of nitrogens with zero attached hydrogens (tertiary/aromatic N) is 10. The van der Waals surface area contributed by atoms with Gasteiger partial charge in [0.2, 0.25) is 0 Å². The average Bonchev–Trinajstić information content (AvgIpc) is 0.854. The first-order chi connectivity index (χ1) is 53.7. The zero-order chi connectivity index (χ0) is 78.2. The van der Waals surface area contributed by atoms with Crippen LogP contribution >= 0.6 is 0 Å². The molecule has 4 atom stereocenters. The van der Waals surface area contributed by atoms with Crippen molar-refractivity contribution in [3.63, 3.8) is 0 Å². The van der Waals surface area contributed by atoms with Crippen LogP contribution in [0.25, 0.3) is 90.1 Å². The summed E-state index contributed by atoms with van der Waals surface area (Å²) in [6, 6.07) is 104. The Labute approximate surface area is 719 Å². The number of carboxylic acids is 1. The minimum atomic E-state index is -0.990. The summed E-state index contributed by atoms with van der Waals surface area (Å²) in [7, 11) is 4.38.